The number of pyridine rings is 1. The molecule has 0 aliphatic heterocycles. The van der Waals surface area contributed by atoms with Gasteiger partial charge in [0.25, 0.3) is 0 Å². The van der Waals surface area contributed by atoms with Crippen LogP contribution < -0.4 is 10.5 Å². The molecule has 0 spiro atoms. The summed E-state index contributed by atoms with van der Waals surface area (Å²) in [6, 6.07) is 3.80. The molecular weight excluding hydrogens is 224 g/mol. The predicted octanol–water partition coefficient (Wildman–Crippen LogP) is 2.44. The van der Waals surface area contributed by atoms with Gasteiger partial charge in [0.15, 0.2) is 0 Å². The van der Waals surface area contributed by atoms with Gasteiger partial charge in [-0.2, -0.15) is 0 Å². The van der Waals surface area contributed by atoms with E-state index in [-0.39, 0.29) is 5.41 Å². The summed E-state index contributed by atoms with van der Waals surface area (Å²) in [7, 11) is 1.62. The Morgan fingerprint density at radius 1 is 1.50 bits per heavy atom. The zero-order valence-electron chi connectivity index (χ0n) is 9.83. The van der Waals surface area contributed by atoms with Crippen molar-refractivity contribution in [3.8, 4) is 5.88 Å². The van der Waals surface area contributed by atoms with Gasteiger partial charge in [-0.1, -0.05) is 31.5 Å². The van der Waals surface area contributed by atoms with E-state index in [2.05, 4.69) is 18.8 Å². The van der Waals surface area contributed by atoms with E-state index >= 15 is 0 Å². The summed E-state index contributed by atoms with van der Waals surface area (Å²) in [5.74, 6) is 1.56. The third-order valence-electron chi connectivity index (χ3n) is 3.69. The van der Waals surface area contributed by atoms with Crippen molar-refractivity contribution >= 4 is 11.6 Å². The Morgan fingerprint density at radius 3 is 2.69 bits per heavy atom. The van der Waals surface area contributed by atoms with Gasteiger partial charge in [0.2, 0.25) is 5.88 Å². The van der Waals surface area contributed by atoms with E-state index in [0.29, 0.717) is 29.4 Å². The number of ether oxygens (including phenoxy) is 1. The maximum absolute atomic E-state index is 5.85. The summed E-state index contributed by atoms with van der Waals surface area (Å²) in [4.78, 5) is 4.19. The first-order valence-electron chi connectivity index (χ1n) is 5.43. The van der Waals surface area contributed by atoms with Crippen molar-refractivity contribution in [2.45, 2.75) is 19.8 Å². The summed E-state index contributed by atoms with van der Waals surface area (Å²) < 4.78 is 5.28. The van der Waals surface area contributed by atoms with Crippen molar-refractivity contribution in [3.63, 3.8) is 0 Å². The molecule has 1 aromatic heterocycles. The molecule has 1 aliphatic rings. The van der Waals surface area contributed by atoms with Crippen LogP contribution in [0.15, 0.2) is 12.1 Å². The lowest BCUT2D eigenvalue weighted by molar-refractivity contribution is 0.390. The van der Waals surface area contributed by atoms with E-state index in [9.17, 15) is 0 Å². The first kappa shape index (κ1) is 11.7. The first-order valence-corrected chi connectivity index (χ1v) is 5.80. The average molecular weight is 241 g/mol. The Kier molecular flexibility index (Phi) is 2.84. The molecule has 16 heavy (non-hydrogen) atoms. The van der Waals surface area contributed by atoms with E-state index in [1.807, 2.05) is 6.07 Å². The molecule has 4 heteroatoms. The summed E-state index contributed by atoms with van der Waals surface area (Å²) >= 11 is 5.85. The Balaban J connectivity index is 2.35. The number of hydrogen-bond donors (Lipinski definition) is 1. The van der Waals surface area contributed by atoms with Crippen molar-refractivity contribution in [3.05, 3.63) is 22.8 Å². The number of nitrogens with zero attached hydrogens (tertiary/aromatic N) is 1. The molecule has 0 saturated heterocycles. The molecule has 1 aromatic rings. The van der Waals surface area contributed by atoms with Crippen LogP contribution >= 0.6 is 11.6 Å². The van der Waals surface area contributed by atoms with Crippen LogP contribution in [0.25, 0.3) is 0 Å². The van der Waals surface area contributed by atoms with Crippen molar-refractivity contribution < 1.29 is 4.74 Å². The standard InChI is InChI=1S/C12H17ClN2O/c1-12(2)8(6-14)10(12)7-4-5-9(13)15-11(7)16-3/h4-5,8,10H,6,14H2,1-3H3. The van der Waals surface area contributed by atoms with Crippen LogP contribution in [0, 0.1) is 11.3 Å². The van der Waals surface area contributed by atoms with Gasteiger partial charge >= 0.3 is 0 Å². The van der Waals surface area contributed by atoms with Gasteiger partial charge in [-0.15, -0.1) is 0 Å². The second kappa shape index (κ2) is 3.90. The lowest BCUT2D eigenvalue weighted by atomic mass is 10.0. The van der Waals surface area contributed by atoms with Gasteiger partial charge in [-0.05, 0) is 29.9 Å². The Morgan fingerprint density at radius 2 is 2.19 bits per heavy atom. The van der Waals surface area contributed by atoms with Crippen molar-refractivity contribution in [1.82, 2.24) is 4.98 Å². The molecule has 0 aromatic carbocycles. The minimum absolute atomic E-state index is 0.234. The number of methoxy groups -OCH3 is 1. The highest BCUT2D eigenvalue weighted by Gasteiger charge is 2.58. The maximum atomic E-state index is 5.85. The van der Waals surface area contributed by atoms with Crippen LogP contribution in [0.3, 0.4) is 0 Å². The van der Waals surface area contributed by atoms with Gasteiger partial charge < -0.3 is 10.5 Å². The molecule has 2 unspecified atom stereocenters. The largest absolute Gasteiger partial charge is 0.481 e. The molecule has 0 amide bonds. The van der Waals surface area contributed by atoms with E-state index in [0.717, 1.165) is 5.56 Å². The number of aromatic nitrogens is 1. The topological polar surface area (TPSA) is 48.1 Å². The normalized spacial score (nSPS) is 26.6. The molecule has 1 fully saturated rings. The van der Waals surface area contributed by atoms with Crippen LogP contribution in [0.1, 0.15) is 25.3 Å². The molecule has 1 aliphatic carbocycles. The van der Waals surface area contributed by atoms with Crippen LogP contribution in [0.5, 0.6) is 5.88 Å². The first-order chi connectivity index (χ1) is 7.52. The third-order valence-corrected chi connectivity index (χ3v) is 3.90. The Labute approximate surface area is 101 Å². The molecular formula is C12H17ClN2O. The number of rotatable bonds is 3. The van der Waals surface area contributed by atoms with E-state index < -0.39 is 0 Å². The second-order valence-electron chi connectivity index (χ2n) is 4.87. The molecule has 2 atom stereocenters. The summed E-state index contributed by atoms with van der Waals surface area (Å²) in [6.07, 6.45) is 0. The smallest absolute Gasteiger partial charge is 0.217 e. The highest BCUT2D eigenvalue weighted by Crippen LogP contribution is 2.65. The molecule has 3 nitrogen and oxygen atoms in total. The van der Waals surface area contributed by atoms with Crippen LogP contribution in [0.4, 0.5) is 0 Å². The molecule has 0 bridgehead atoms. The van der Waals surface area contributed by atoms with Gasteiger partial charge in [-0.25, -0.2) is 4.98 Å². The zero-order valence-corrected chi connectivity index (χ0v) is 10.6. The fourth-order valence-corrected chi connectivity index (χ4v) is 2.77. The fraction of sp³-hybridized carbons (Fsp3) is 0.583. The third kappa shape index (κ3) is 1.68. The van der Waals surface area contributed by atoms with Crippen LogP contribution in [-0.4, -0.2) is 18.6 Å². The lowest BCUT2D eigenvalue weighted by Crippen LogP contribution is -2.05. The minimum Gasteiger partial charge on any atom is -0.481 e. The molecule has 88 valence electrons. The van der Waals surface area contributed by atoms with Gasteiger partial charge in [0.1, 0.15) is 5.15 Å². The van der Waals surface area contributed by atoms with Crippen LogP contribution in [0.2, 0.25) is 5.15 Å². The highest BCUT2D eigenvalue weighted by atomic mass is 35.5. The molecule has 2 rings (SSSR count). The van der Waals surface area contributed by atoms with Gasteiger partial charge in [0.05, 0.1) is 7.11 Å². The maximum Gasteiger partial charge on any atom is 0.217 e. The summed E-state index contributed by atoms with van der Waals surface area (Å²) in [5, 5.41) is 0.461. The summed E-state index contributed by atoms with van der Waals surface area (Å²) in [5.41, 5.74) is 7.12. The van der Waals surface area contributed by atoms with Crippen molar-refractivity contribution in [1.29, 1.82) is 0 Å². The van der Waals surface area contributed by atoms with Gasteiger partial charge in [0, 0.05) is 5.56 Å². The molecule has 0 radical (unpaired) electrons. The quantitative estimate of drug-likeness (QED) is 0.826. The Bertz CT molecular complexity index is 406. The second-order valence-corrected chi connectivity index (χ2v) is 5.26. The molecule has 2 N–H and O–H groups in total. The number of nitrogens with two attached hydrogens (primary N) is 1. The molecule has 1 heterocycles. The number of halogens is 1. The van der Waals surface area contributed by atoms with Gasteiger partial charge in [-0.3, -0.25) is 0 Å². The van der Waals surface area contributed by atoms with Crippen molar-refractivity contribution in [2.24, 2.45) is 17.1 Å². The van der Waals surface area contributed by atoms with E-state index in [1.54, 1.807) is 13.2 Å². The van der Waals surface area contributed by atoms with Crippen molar-refractivity contribution in [2.75, 3.05) is 13.7 Å². The lowest BCUT2D eigenvalue weighted by Gasteiger charge is -2.08. The minimum atomic E-state index is 0.234. The zero-order chi connectivity index (χ0) is 11.9. The number of hydrogen-bond acceptors (Lipinski definition) is 3. The summed E-state index contributed by atoms with van der Waals surface area (Å²) in [6.45, 7) is 5.15. The Hall–Kier alpha value is -0.800. The molecule has 1 saturated carbocycles. The highest BCUT2D eigenvalue weighted by molar-refractivity contribution is 6.29. The predicted molar refractivity (Wildman–Crippen MR) is 64.9 cm³/mol. The van der Waals surface area contributed by atoms with Crippen LogP contribution in [-0.2, 0) is 0 Å². The monoisotopic (exact) mass is 240 g/mol. The fourth-order valence-electron chi connectivity index (χ4n) is 2.63. The SMILES string of the molecule is COc1nc(Cl)ccc1C1C(CN)C1(C)C. The van der Waals surface area contributed by atoms with E-state index in [1.165, 1.54) is 0 Å². The van der Waals surface area contributed by atoms with E-state index in [4.69, 9.17) is 22.1 Å². The average Bonchev–Trinajstić information content (AvgIpc) is 2.80.